The van der Waals surface area contributed by atoms with Crippen LogP contribution in [0.3, 0.4) is 0 Å². The van der Waals surface area contributed by atoms with Crippen molar-refractivity contribution in [3.8, 4) is 20.9 Å². The van der Waals surface area contributed by atoms with Gasteiger partial charge in [0.25, 0.3) is 0 Å². The van der Waals surface area contributed by atoms with Gasteiger partial charge in [-0.05, 0) is 69.7 Å². The maximum Gasteiger partial charge on any atom is 0.202 e. The molecule has 4 atom stereocenters. The molecule has 294 valence electrons. The number of benzene rings is 2. The summed E-state index contributed by atoms with van der Waals surface area (Å²) in [6.07, 6.45) is -0.0967. The summed E-state index contributed by atoms with van der Waals surface area (Å²) in [6.45, 7) is 14.1. The van der Waals surface area contributed by atoms with Crippen molar-refractivity contribution in [1.29, 1.82) is 0 Å². The van der Waals surface area contributed by atoms with Gasteiger partial charge >= 0.3 is 0 Å². The minimum absolute atomic E-state index is 0. The van der Waals surface area contributed by atoms with Crippen molar-refractivity contribution in [3.63, 3.8) is 0 Å². The van der Waals surface area contributed by atoms with Crippen LogP contribution in [0, 0.1) is 20.8 Å². The van der Waals surface area contributed by atoms with E-state index in [0.717, 1.165) is 33.6 Å². The Morgan fingerprint density at radius 3 is 1.36 bits per heavy atom. The monoisotopic (exact) mass is 942 g/mol. The van der Waals surface area contributed by atoms with E-state index < -0.39 is 35.9 Å². The van der Waals surface area contributed by atoms with E-state index in [1.165, 1.54) is 9.75 Å². The van der Waals surface area contributed by atoms with Crippen LogP contribution < -0.4 is 16.8 Å². The van der Waals surface area contributed by atoms with Gasteiger partial charge in [-0.25, -0.2) is 9.97 Å². The smallest absolute Gasteiger partial charge is 0.202 e. The molecule has 13 nitrogen and oxygen atoms in total. The molecular weight excluding hydrogens is 892 g/mol. The van der Waals surface area contributed by atoms with Gasteiger partial charge in [0.05, 0.1) is 32.2 Å². The van der Waals surface area contributed by atoms with Crippen molar-refractivity contribution in [3.05, 3.63) is 99.6 Å². The molecule has 2 aliphatic rings. The first-order valence-corrected chi connectivity index (χ1v) is 18.7. The number of thiazole rings is 2. The molecular formula is C38H50N7O6S2Y2-3. The van der Waals surface area contributed by atoms with Crippen molar-refractivity contribution >= 4 is 40.5 Å². The summed E-state index contributed by atoms with van der Waals surface area (Å²) in [6, 6.07) is 15.4. The van der Waals surface area contributed by atoms with Gasteiger partial charge in [-0.1, -0.05) is 60.6 Å². The number of hydrogen-bond acceptors (Lipinski definition) is 11. The molecule has 4 aromatic rings. The first-order valence-electron chi connectivity index (χ1n) is 17.0. The van der Waals surface area contributed by atoms with E-state index in [1.54, 1.807) is 43.4 Å². The van der Waals surface area contributed by atoms with E-state index >= 15 is 0 Å². The van der Waals surface area contributed by atoms with Gasteiger partial charge in [-0.2, -0.15) is 0 Å². The average molecular weight is 943 g/mol. The SMILES string of the molecule is Cc1ncsc1-c1ccc(CNC(=O)[C@@H]2CC(O)C[N-]2)cc1.Cc1ncsc1-c1ccc(CNC(=O)[C@@H]2CC(O)C[N-]2)cc1.N.[CH2-]C(=O)OC(C)(C)C.[Y].[Y]. The Kier molecular flexibility index (Phi) is 22.9. The summed E-state index contributed by atoms with van der Waals surface area (Å²) in [7, 11) is 0. The topological polar surface area (TPSA) is 214 Å². The molecule has 2 fully saturated rings. The standard InChI is InChI=1S/2C16H18N3O2S.C6H11O2.H3N.2Y/c2*1-10-15(22-9-19-10)12-4-2-11(3-5-12)7-18-16(21)14-6-13(20)8-17-14;1-5(7)8-6(2,3)4;;;/h2*2-5,9,13-14,20H,6-8H2,1H3,(H,18,21);1H2,2-4H3;1H3;;/q3*-1;;;/t2*13?,14-;;;;/m00..../s1. The number of carbonyl (C=O) groups excluding carboxylic acids is 3. The van der Waals surface area contributed by atoms with E-state index in [4.69, 9.17) is 0 Å². The van der Waals surface area contributed by atoms with Crippen LogP contribution in [0.4, 0.5) is 0 Å². The molecule has 0 saturated carbocycles. The van der Waals surface area contributed by atoms with Crippen molar-refractivity contribution in [2.24, 2.45) is 0 Å². The fourth-order valence-corrected chi connectivity index (χ4v) is 6.98. The van der Waals surface area contributed by atoms with E-state index in [1.807, 2.05) is 73.4 Å². The predicted molar refractivity (Wildman–Crippen MR) is 210 cm³/mol. The third kappa shape index (κ3) is 17.2. The van der Waals surface area contributed by atoms with E-state index in [2.05, 4.69) is 42.9 Å². The summed E-state index contributed by atoms with van der Waals surface area (Å²) in [5.74, 6) is -0.699. The molecule has 2 saturated heterocycles. The van der Waals surface area contributed by atoms with Gasteiger partial charge in [0.2, 0.25) is 11.8 Å². The molecule has 7 N–H and O–H groups in total. The first kappa shape index (κ1) is 51.0. The fourth-order valence-electron chi connectivity index (χ4n) is 5.35. The van der Waals surface area contributed by atoms with Gasteiger partial charge in [0.15, 0.2) is 5.97 Å². The van der Waals surface area contributed by atoms with Crippen LogP contribution in [-0.4, -0.2) is 80.9 Å². The Balaban J connectivity index is 0.000000441. The van der Waals surface area contributed by atoms with Crippen LogP contribution in [0.5, 0.6) is 0 Å². The number of aromatic nitrogens is 2. The Labute approximate surface area is 382 Å². The number of carbonyl (C=O) groups is 3. The number of amides is 2. The van der Waals surface area contributed by atoms with Crippen molar-refractivity contribution in [2.45, 2.75) is 90.4 Å². The van der Waals surface area contributed by atoms with Gasteiger partial charge in [-0.15, -0.1) is 35.8 Å². The number of nitrogens with one attached hydrogen (secondary N) is 2. The Bertz CT molecular complexity index is 1650. The van der Waals surface area contributed by atoms with E-state index in [-0.39, 0.29) is 83.4 Å². The molecule has 2 amide bonds. The largest absolute Gasteiger partial charge is 0.650 e. The van der Waals surface area contributed by atoms with Gasteiger partial charge < -0.3 is 42.4 Å². The Hall–Kier alpha value is -2.01. The van der Waals surface area contributed by atoms with Crippen molar-refractivity contribution in [2.75, 3.05) is 13.1 Å². The minimum Gasteiger partial charge on any atom is -0.650 e. The second-order valence-electron chi connectivity index (χ2n) is 13.5. The molecule has 2 aromatic heterocycles. The predicted octanol–water partition coefficient (Wildman–Crippen LogP) is 5.80. The number of aliphatic hydroxyl groups is 2. The summed E-state index contributed by atoms with van der Waals surface area (Å²) < 4.78 is 4.69. The zero-order valence-electron chi connectivity index (χ0n) is 32.0. The molecule has 4 heterocycles. The second kappa shape index (κ2) is 24.7. The number of aliphatic hydroxyl groups excluding tert-OH is 2. The molecule has 2 radical (unpaired) electrons. The minimum atomic E-state index is -0.475. The first-order chi connectivity index (χ1) is 24.7. The maximum atomic E-state index is 11.9. The van der Waals surface area contributed by atoms with Gasteiger partial charge in [-0.3, -0.25) is 21.3 Å². The third-order valence-corrected chi connectivity index (χ3v) is 9.90. The second-order valence-corrected chi connectivity index (χ2v) is 15.2. The van der Waals surface area contributed by atoms with Crippen molar-refractivity contribution < 1.29 is 94.8 Å². The molecule has 0 bridgehead atoms. The number of hydrogen-bond donors (Lipinski definition) is 5. The number of esters is 1. The molecule has 2 aromatic carbocycles. The quantitative estimate of drug-likeness (QED) is 0.107. The summed E-state index contributed by atoms with van der Waals surface area (Å²) in [5.41, 5.74) is 9.73. The molecule has 55 heavy (non-hydrogen) atoms. The van der Waals surface area contributed by atoms with E-state index in [9.17, 15) is 24.6 Å². The summed E-state index contributed by atoms with van der Waals surface area (Å²) in [5, 5.41) is 32.8. The molecule has 0 spiro atoms. The molecule has 0 aliphatic carbocycles. The fraction of sp³-hybridized carbons (Fsp3) is 0.421. The average Bonchev–Trinajstić information content (AvgIpc) is 3.92. The molecule has 2 unspecified atom stereocenters. The number of ether oxygens (including phenoxy) is 1. The molecule has 17 heteroatoms. The molecule has 6 rings (SSSR count). The zero-order chi connectivity index (χ0) is 37.8. The summed E-state index contributed by atoms with van der Waals surface area (Å²) >= 11 is 3.25. The Morgan fingerprint density at radius 1 is 0.764 bits per heavy atom. The zero-order valence-corrected chi connectivity index (χ0v) is 39.3. The molecule has 2 aliphatic heterocycles. The van der Waals surface area contributed by atoms with Crippen LogP contribution in [0.25, 0.3) is 31.5 Å². The number of nitrogens with zero attached hydrogens (tertiary/aromatic N) is 4. The van der Waals surface area contributed by atoms with Crippen molar-refractivity contribution in [1.82, 2.24) is 26.8 Å². The van der Waals surface area contributed by atoms with Crippen LogP contribution in [-0.2, 0) is 97.6 Å². The van der Waals surface area contributed by atoms with Gasteiger partial charge in [0.1, 0.15) is 5.60 Å². The third-order valence-electron chi connectivity index (χ3n) is 7.95. The maximum absolute atomic E-state index is 11.9. The normalized spacial score (nSPS) is 18.4. The van der Waals surface area contributed by atoms with Crippen LogP contribution >= 0.6 is 22.7 Å². The van der Waals surface area contributed by atoms with Crippen LogP contribution in [0.15, 0.2) is 59.6 Å². The number of rotatable bonds is 8. The van der Waals surface area contributed by atoms with Gasteiger partial charge in [0, 0.05) is 90.7 Å². The van der Waals surface area contributed by atoms with Crippen LogP contribution in [0.1, 0.15) is 56.1 Å². The summed E-state index contributed by atoms with van der Waals surface area (Å²) in [4.78, 5) is 44.9. The van der Waals surface area contributed by atoms with Crippen LogP contribution in [0.2, 0.25) is 0 Å². The number of aryl methyl sites for hydroxylation is 2. The van der Waals surface area contributed by atoms with E-state index in [0.29, 0.717) is 39.0 Å². The Morgan fingerprint density at radius 2 is 1.13 bits per heavy atom.